The van der Waals surface area contributed by atoms with Crippen molar-refractivity contribution in [1.82, 2.24) is 9.55 Å². The summed E-state index contributed by atoms with van der Waals surface area (Å²) in [6.07, 6.45) is 1.14. The molecule has 0 spiro atoms. The number of fused-ring (bicyclic) bond motifs is 1. The zero-order valence-electron chi connectivity index (χ0n) is 16.5. The van der Waals surface area contributed by atoms with E-state index in [4.69, 9.17) is 10.9 Å². The van der Waals surface area contributed by atoms with Gasteiger partial charge in [0, 0.05) is 0 Å². The molecule has 1 aromatic heterocycles. The molecule has 0 unspecified atom stereocenters. The average Bonchev–Trinajstić information content (AvgIpc) is 3.20. The Morgan fingerprint density at radius 3 is 2.23 bits per heavy atom. The van der Waals surface area contributed by atoms with E-state index >= 15 is 0 Å². The quantitative estimate of drug-likeness (QED) is 0.525. The van der Waals surface area contributed by atoms with Crippen molar-refractivity contribution in [1.29, 1.82) is 0 Å². The van der Waals surface area contributed by atoms with Gasteiger partial charge in [0.15, 0.2) is 0 Å². The van der Waals surface area contributed by atoms with Crippen molar-refractivity contribution in [2.45, 2.75) is 31.8 Å². The zero-order valence-corrected chi connectivity index (χ0v) is 19.3. The maximum atomic E-state index is 12.3. The van der Waals surface area contributed by atoms with Gasteiger partial charge < -0.3 is 0 Å². The van der Waals surface area contributed by atoms with E-state index in [0.717, 1.165) is 7.16 Å². The normalized spacial score (nSPS) is 25.0. The maximum absolute atomic E-state index is 12.3. The molecule has 3 heterocycles. The Balaban J connectivity index is 1.50. The molecule has 30 heavy (non-hydrogen) atoms. The molecule has 7 nitrogen and oxygen atoms in total. The number of hydrogen-bond acceptors (Lipinski definition) is 5. The number of benzene rings is 2. The molecule has 2 aliphatic rings. The Morgan fingerprint density at radius 1 is 0.967 bits per heavy atom. The minimum absolute atomic E-state index is 0.181. The van der Waals surface area contributed by atoms with Crippen LogP contribution in [0.4, 0.5) is 0 Å². The molecule has 0 radical (unpaired) electrons. The average molecular weight is 513 g/mol. The van der Waals surface area contributed by atoms with Crippen LogP contribution in [0.3, 0.4) is 0 Å². The van der Waals surface area contributed by atoms with Gasteiger partial charge in [0.25, 0.3) is 0 Å². The topological polar surface area (TPSA) is 82.6 Å². The molecule has 5 rings (SSSR count). The van der Waals surface area contributed by atoms with Gasteiger partial charge in [0.05, 0.1) is 0 Å². The molecule has 0 saturated carbocycles. The van der Waals surface area contributed by atoms with E-state index in [1.807, 2.05) is 36.4 Å². The van der Waals surface area contributed by atoms with Crippen LogP contribution in [0.25, 0.3) is 0 Å². The molecule has 0 amide bonds. The van der Waals surface area contributed by atoms with Gasteiger partial charge in [0.1, 0.15) is 0 Å². The molecule has 8 heteroatoms. The van der Waals surface area contributed by atoms with E-state index in [9.17, 15) is 9.59 Å². The molecule has 2 aliphatic heterocycles. The summed E-state index contributed by atoms with van der Waals surface area (Å²) in [4.78, 5) is 26.4. The number of ether oxygens (including phenoxy) is 1. The fourth-order valence-electron chi connectivity index (χ4n) is 4.18. The molecular formula is C22H22N2O5Sn. The number of nitrogens with one attached hydrogen (secondary N) is 1. The number of rotatable bonds is 3. The first kappa shape index (κ1) is 19.7. The Morgan fingerprint density at radius 2 is 1.60 bits per heavy atom. The minimum atomic E-state index is -3.86. The molecular weight excluding hydrogens is 491 g/mol. The summed E-state index contributed by atoms with van der Waals surface area (Å²) < 4.78 is 23.1. The monoisotopic (exact) mass is 514 g/mol. The third-order valence-corrected chi connectivity index (χ3v) is 15.4. The molecule has 3 aromatic rings. The number of nitrogens with zero attached hydrogens (tertiary/aromatic N) is 1. The summed E-state index contributed by atoms with van der Waals surface area (Å²) in [6, 6.07) is 20.3. The standard InChI is InChI=1S/C10H12N2O5.2C6H5.Sn/c1-5-3-12(10(16)11-9(5)15)8-2-6(14)7(4-13)17-8;2*1-2-4-6-5-3-1;/h3,6-8H,2,4H2,1H3,(H,11,15,16);2*1-5H;/q-2;;;+2/t6-,7+,8+;;;/m1.../s1. The van der Waals surface area contributed by atoms with Crippen molar-refractivity contribution in [2.75, 3.05) is 6.61 Å². The molecule has 1 N–H and O–H groups in total. The first-order chi connectivity index (χ1) is 14.6. The molecule has 3 atom stereocenters. The van der Waals surface area contributed by atoms with Crippen LogP contribution in [0, 0.1) is 6.92 Å². The molecule has 2 aromatic carbocycles. The number of aryl methyl sites for hydroxylation is 1. The van der Waals surface area contributed by atoms with E-state index in [-0.39, 0.29) is 17.8 Å². The first-order valence-electron chi connectivity index (χ1n) is 9.97. The van der Waals surface area contributed by atoms with Gasteiger partial charge in [-0.2, -0.15) is 0 Å². The van der Waals surface area contributed by atoms with Crippen molar-refractivity contribution in [3.8, 4) is 0 Å². The van der Waals surface area contributed by atoms with Crippen molar-refractivity contribution in [3.63, 3.8) is 0 Å². The third kappa shape index (κ3) is 3.35. The second-order valence-electron chi connectivity index (χ2n) is 7.66. The van der Waals surface area contributed by atoms with Crippen molar-refractivity contribution in [3.05, 3.63) is 93.3 Å². The van der Waals surface area contributed by atoms with Crippen LogP contribution in [0.5, 0.6) is 0 Å². The van der Waals surface area contributed by atoms with E-state index in [1.54, 1.807) is 13.1 Å². The van der Waals surface area contributed by atoms with Crippen molar-refractivity contribution in [2.24, 2.45) is 0 Å². The molecule has 0 bridgehead atoms. The Bertz CT molecular complexity index is 1120. The molecule has 2 saturated heterocycles. The zero-order chi connectivity index (χ0) is 20.7. The van der Waals surface area contributed by atoms with Crippen LogP contribution in [-0.2, 0) is 10.9 Å². The summed E-state index contributed by atoms with van der Waals surface area (Å²) in [5.74, 6) is 0. The van der Waals surface area contributed by atoms with E-state index in [0.29, 0.717) is 18.6 Å². The second kappa shape index (κ2) is 7.81. The Hall–Kier alpha value is -2.20. The summed E-state index contributed by atoms with van der Waals surface area (Å²) >= 11 is -3.86. The van der Waals surface area contributed by atoms with Gasteiger partial charge in [-0.05, 0) is 0 Å². The van der Waals surface area contributed by atoms with Crippen LogP contribution in [0.2, 0.25) is 0 Å². The number of H-pyrrole nitrogens is 1. The summed E-state index contributed by atoms with van der Waals surface area (Å²) in [5, 5.41) is 0. The van der Waals surface area contributed by atoms with Crippen LogP contribution < -0.4 is 18.4 Å². The van der Waals surface area contributed by atoms with Gasteiger partial charge >= 0.3 is 178 Å². The SMILES string of the molecule is Cc1cn([C@@H]2C[C@H]3[O][Sn]([c]4ccccc4)([c]4ccccc4)[O]C[C@@H]3O2)c(=O)[nH]c1=O. The van der Waals surface area contributed by atoms with Crippen LogP contribution in [0.1, 0.15) is 18.2 Å². The van der Waals surface area contributed by atoms with Crippen LogP contribution in [0.15, 0.2) is 76.4 Å². The van der Waals surface area contributed by atoms with E-state index < -0.39 is 31.1 Å². The number of aromatic amines is 1. The van der Waals surface area contributed by atoms with Crippen LogP contribution in [-0.4, -0.2) is 47.6 Å². The van der Waals surface area contributed by atoms with Gasteiger partial charge in [-0.3, -0.25) is 0 Å². The van der Waals surface area contributed by atoms with Gasteiger partial charge in [-0.25, -0.2) is 0 Å². The molecule has 154 valence electrons. The van der Waals surface area contributed by atoms with Crippen LogP contribution >= 0.6 is 0 Å². The fourth-order valence-corrected chi connectivity index (χ4v) is 13.7. The predicted octanol–water partition coefficient (Wildman–Crippen LogP) is 0.805. The van der Waals surface area contributed by atoms with Crippen molar-refractivity contribution < 1.29 is 10.9 Å². The van der Waals surface area contributed by atoms with Gasteiger partial charge in [-0.1, -0.05) is 0 Å². The number of aromatic nitrogens is 2. The number of hydrogen-bond donors (Lipinski definition) is 1. The second-order valence-corrected chi connectivity index (χ2v) is 16.0. The Labute approximate surface area is 178 Å². The Kier molecular flexibility index (Phi) is 5.14. The van der Waals surface area contributed by atoms with Gasteiger partial charge in [-0.15, -0.1) is 0 Å². The van der Waals surface area contributed by atoms with Gasteiger partial charge in [0.2, 0.25) is 0 Å². The van der Waals surface area contributed by atoms with E-state index in [2.05, 4.69) is 29.2 Å². The fraction of sp³-hybridized carbons (Fsp3) is 0.273. The summed E-state index contributed by atoms with van der Waals surface area (Å²) in [7, 11) is 0. The van der Waals surface area contributed by atoms with Crippen molar-refractivity contribution >= 4 is 26.4 Å². The summed E-state index contributed by atoms with van der Waals surface area (Å²) in [5.41, 5.74) is -0.391. The first-order valence-corrected chi connectivity index (χ1v) is 15.2. The molecule has 0 aliphatic carbocycles. The molecule has 2 fully saturated rings. The predicted molar refractivity (Wildman–Crippen MR) is 113 cm³/mol. The summed E-state index contributed by atoms with van der Waals surface area (Å²) in [6.45, 7) is 2.08. The van der Waals surface area contributed by atoms with E-state index in [1.165, 1.54) is 4.57 Å². The third-order valence-electron chi connectivity index (χ3n) is 5.71.